The number of carbonyl (C=O) groups excluding carboxylic acids is 2. The summed E-state index contributed by atoms with van der Waals surface area (Å²) in [6.45, 7) is 2.02. The Balaban J connectivity index is 1.75. The van der Waals surface area contributed by atoms with Gasteiger partial charge in [-0.2, -0.15) is 0 Å². The number of aryl methyl sites for hydroxylation is 1. The van der Waals surface area contributed by atoms with E-state index in [4.69, 9.17) is 0 Å². The average molecular weight is 378 g/mol. The minimum absolute atomic E-state index is 0.0353. The molecule has 0 aromatic heterocycles. The topological polar surface area (TPSA) is 37.4 Å². The van der Waals surface area contributed by atoms with E-state index >= 15 is 0 Å². The van der Waals surface area contributed by atoms with Crippen LogP contribution in [0, 0.1) is 6.92 Å². The molecule has 1 fully saturated rings. The van der Waals surface area contributed by atoms with Crippen molar-refractivity contribution in [2.45, 2.75) is 50.0 Å². The van der Waals surface area contributed by atoms with Crippen LogP contribution in [0.25, 0.3) is 5.57 Å². The molecule has 0 bridgehead atoms. The molecule has 0 atom stereocenters. The molecular weight excluding hydrogens is 354 g/mol. The van der Waals surface area contributed by atoms with Crippen LogP contribution >= 0.6 is 11.8 Å². The van der Waals surface area contributed by atoms with Gasteiger partial charge in [0, 0.05) is 10.9 Å². The van der Waals surface area contributed by atoms with Crippen molar-refractivity contribution in [3.63, 3.8) is 0 Å². The quantitative estimate of drug-likeness (QED) is 0.687. The normalized spacial score (nSPS) is 18.5. The molecule has 0 radical (unpaired) electrons. The second kappa shape index (κ2) is 7.73. The van der Waals surface area contributed by atoms with Crippen molar-refractivity contribution in [1.82, 2.24) is 4.90 Å². The summed E-state index contributed by atoms with van der Waals surface area (Å²) < 4.78 is 0. The summed E-state index contributed by atoms with van der Waals surface area (Å²) in [5, 5.41) is 0. The lowest BCUT2D eigenvalue weighted by atomic mass is 9.94. The van der Waals surface area contributed by atoms with Crippen molar-refractivity contribution in [3.05, 3.63) is 70.6 Å². The molecule has 1 aliphatic heterocycles. The molecule has 1 aliphatic carbocycles. The van der Waals surface area contributed by atoms with Crippen molar-refractivity contribution >= 4 is 29.1 Å². The van der Waals surface area contributed by atoms with Crippen molar-refractivity contribution in [3.8, 4) is 0 Å². The van der Waals surface area contributed by atoms with E-state index in [-0.39, 0.29) is 17.9 Å². The van der Waals surface area contributed by atoms with E-state index < -0.39 is 0 Å². The molecule has 4 heteroatoms. The number of benzene rings is 2. The lowest BCUT2D eigenvalue weighted by Gasteiger charge is -2.29. The molecule has 2 aliphatic rings. The summed E-state index contributed by atoms with van der Waals surface area (Å²) in [6.07, 6.45) is 5.20. The van der Waals surface area contributed by atoms with Gasteiger partial charge in [0.1, 0.15) is 0 Å². The van der Waals surface area contributed by atoms with Crippen LogP contribution in [0.1, 0.15) is 43.2 Å². The van der Waals surface area contributed by atoms with Gasteiger partial charge in [-0.05, 0) is 37.5 Å². The maximum Gasteiger partial charge on any atom is 0.268 e. The van der Waals surface area contributed by atoms with Gasteiger partial charge in [-0.3, -0.25) is 14.5 Å². The average Bonchev–Trinajstić information content (AvgIpc) is 2.94. The molecule has 27 heavy (non-hydrogen) atoms. The highest BCUT2D eigenvalue weighted by Gasteiger charge is 2.43. The molecule has 0 unspecified atom stereocenters. The molecule has 3 nitrogen and oxygen atoms in total. The van der Waals surface area contributed by atoms with Crippen molar-refractivity contribution in [2.24, 2.45) is 0 Å². The Morgan fingerprint density at radius 1 is 0.852 bits per heavy atom. The number of carbonyl (C=O) groups is 2. The lowest BCUT2D eigenvalue weighted by molar-refractivity contribution is -0.139. The smallest absolute Gasteiger partial charge is 0.268 e. The molecule has 1 heterocycles. The number of rotatable bonds is 4. The Bertz CT molecular complexity index is 880. The van der Waals surface area contributed by atoms with Gasteiger partial charge in [0.15, 0.2) is 0 Å². The van der Waals surface area contributed by atoms with Gasteiger partial charge in [-0.15, -0.1) is 0 Å². The number of hydrogen-bond donors (Lipinski definition) is 0. The monoisotopic (exact) mass is 377 g/mol. The summed E-state index contributed by atoms with van der Waals surface area (Å²) in [4.78, 5) is 29.7. The van der Waals surface area contributed by atoms with E-state index in [9.17, 15) is 9.59 Å². The fourth-order valence-electron chi connectivity index (χ4n) is 3.87. The second-order valence-corrected chi connectivity index (χ2v) is 8.34. The molecule has 4 rings (SSSR count). The second-order valence-electron chi connectivity index (χ2n) is 7.26. The number of imide groups is 1. The van der Waals surface area contributed by atoms with Gasteiger partial charge < -0.3 is 0 Å². The minimum Gasteiger partial charge on any atom is -0.271 e. The Labute approximate surface area is 164 Å². The first-order chi connectivity index (χ1) is 13.1. The van der Waals surface area contributed by atoms with E-state index in [1.54, 1.807) is 4.90 Å². The van der Waals surface area contributed by atoms with E-state index in [2.05, 4.69) is 0 Å². The number of hydrogen-bond acceptors (Lipinski definition) is 3. The van der Waals surface area contributed by atoms with E-state index in [1.807, 2.05) is 61.5 Å². The predicted octanol–water partition coefficient (Wildman–Crippen LogP) is 5.20. The summed E-state index contributed by atoms with van der Waals surface area (Å²) in [5.41, 5.74) is 2.52. The summed E-state index contributed by atoms with van der Waals surface area (Å²) in [7, 11) is 0. The number of thioether (sulfide) groups is 1. The molecule has 0 spiro atoms. The Morgan fingerprint density at radius 2 is 1.52 bits per heavy atom. The summed E-state index contributed by atoms with van der Waals surface area (Å²) in [6, 6.07) is 17.7. The third-order valence-electron chi connectivity index (χ3n) is 5.32. The summed E-state index contributed by atoms with van der Waals surface area (Å²) in [5.74, 6) is -0.259. The van der Waals surface area contributed by atoms with Crippen LogP contribution in [0.15, 0.2) is 64.4 Å². The molecule has 2 aromatic rings. The number of amides is 2. The fourth-order valence-corrected chi connectivity index (χ4v) is 4.89. The Morgan fingerprint density at radius 3 is 2.19 bits per heavy atom. The molecule has 1 saturated carbocycles. The molecule has 2 amide bonds. The highest BCUT2D eigenvalue weighted by molar-refractivity contribution is 8.04. The van der Waals surface area contributed by atoms with E-state index in [0.29, 0.717) is 10.5 Å². The van der Waals surface area contributed by atoms with Gasteiger partial charge >= 0.3 is 0 Å². The highest BCUT2D eigenvalue weighted by atomic mass is 32.2. The van der Waals surface area contributed by atoms with Gasteiger partial charge in [-0.25, -0.2) is 0 Å². The van der Waals surface area contributed by atoms with Crippen molar-refractivity contribution in [1.29, 1.82) is 0 Å². The van der Waals surface area contributed by atoms with Crippen LogP contribution in [0.3, 0.4) is 0 Å². The highest BCUT2D eigenvalue weighted by Crippen LogP contribution is 2.41. The zero-order valence-electron chi connectivity index (χ0n) is 15.5. The first kappa shape index (κ1) is 18.1. The molecule has 2 aromatic carbocycles. The van der Waals surface area contributed by atoms with Crippen LogP contribution in [0.5, 0.6) is 0 Å². The van der Waals surface area contributed by atoms with Gasteiger partial charge in [-0.1, -0.05) is 79.1 Å². The van der Waals surface area contributed by atoms with Crippen LogP contribution in [-0.2, 0) is 9.59 Å². The third kappa shape index (κ3) is 3.59. The van der Waals surface area contributed by atoms with Crippen molar-refractivity contribution in [2.75, 3.05) is 0 Å². The molecule has 0 saturated heterocycles. The zero-order valence-corrected chi connectivity index (χ0v) is 16.3. The largest absolute Gasteiger partial charge is 0.271 e. The van der Waals surface area contributed by atoms with Crippen LogP contribution in [-0.4, -0.2) is 22.8 Å². The van der Waals surface area contributed by atoms with Gasteiger partial charge in [0.05, 0.1) is 10.5 Å². The standard InChI is InChI=1S/C23H23NO2S/c1-16-12-14-17(15-13-16)20-21(27-19-10-6-3-7-11-19)23(26)24(22(20)25)18-8-4-2-5-9-18/h3,6-7,10-15,18H,2,4-5,8-9H2,1H3. The van der Waals surface area contributed by atoms with Gasteiger partial charge in [0.2, 0.25) is 0 Å². The third-order valence-corrected chi connectivity index (χ3v) is 6.41. The van der Waals surface area contributed by atoms with E-state index in [1.165, 1.54) is 18.2 Å². The Hall–Kier alpha value is -2.33. The fraction of sp³-hybridized carbons (Fsp3) is 0.304. The maximum absolute atomic E-state index is 13.3. The van der Waals surface area contributed by atoms with Crippen LogP contribution < -0.4 is 0 Å². The molecule has 138 valence electrons. The first-order valence-electron chi connectivity index (χ1n) is 9.57. The Kier molecular flexibility index (Phi) is 5.17. The van der Waals surface area contributed by atoms with Gasteiger partial charge in [0.25, 0.3) is 11.8 Å². The zero-order chi connectivity index (χ0) is 18.8. The summed E-state index contributed by atoms with van der Waals surface area (Å²) >= 11 is 1.41. The maximum atomic E-state index is 13.3. The SMILES string of the molecule is Cc1ccc(C2=C(Sc3ccccc3)C(=O)N(C3CCCCC3)C2=O)cc1. The molecular formula is C23H23NO2S. The van der Waals surface area contributed by atoms with E-state index in [0.717, 1.165) is 41.7 Å². The minimum atomic E-state index is -0.130. The van der Waals surface area contributed by atoms with Crippen molar-refractivity contribution < 1.29 is 9.59 Å². The molecule has 0 N–H and O–H groups in total. The van der Waals surface area contributed by atoms with Crippen LogP contribution in [0.4, 0.5) is 0 Å². The first-order valence-corrected chi connectivity index (χ1v) is 10.4. The van der Waals surface area contributed by atoms with Crippen LogP contribution in [0.2, 0.25) is 0 Å². The number of nitrogens with zero attached hydrogens (tertiary/aromatic N) is 1. The lowest BCUT2D eigenvalue weighted by Crippen LogP contribution is -2.42. The predicted molar refractivity (Wildman–Crippen MR) is 109 cm³/mol.